The predicted octanol–water partition coefficient (Wildman–Crippen LogP) is 2.48. The van der Waals surface area contributed by atoms with Gasteiger partial charge in [-0.2, -0.15) is 0 Å². The largest absolute Gasteiger partial charge is 0.324 e. The molecule has 0 aliphatic heterocycles. The number of carbonyl (C=O) groups is 1. The van der Waals surface area contributed by atoms with Crippen molar-refractivity contribution in [3.63, 3.8) is 0 Å². The molecule has 0 aliphatic carbocycles. The Morgan fingerprint density at radius 2 is 2.08 bits per heavy atom. The Balaban J connectivity index is 2.10. The van der Waals surface area contributed by atoms with Gasteiger partial charge in [-0.1, -0.05) is 34.7 Å². The second-order valence-corrected chi connectivity index (χ2v) is 9.82. The number of anilines is 1. The number of aryl methyl sites for hydroxylation is 1. The molecule has 0 fully saturated rings. The molecule has 2 aromatic rings. The number of hydrogen-bond acceptors (Lipinski definition) is 7. The van der Waals surface area contributed by atoms with Crippen LogP contribution >= 0.6 is 34.7 Å². The molecule has 0 bridgehead atoms. The average Bonchev–Trinajstić information content (AvgIpc) is 2.92. The Morgan fingerprint density at radius 3 is 2.67 bits per heavy atom. The lowest BCUT2D eigenvalue weighted by Crippen LogP contribution is -2.22. The van der Waals surface area contributed by atoms with Crippen molar-refractivity contribution in [1.82, 2.24) is 14.5 Å². The molecular weight excluding hydrogens is 392 g/mol. The van der Waals surface area contributed by atoms with E-state index in [-0.39, 0.29) is 27.3 Å². The van der Waals surface area contributed by atoms with Crippen LogP contribution in [-0.4, -0.2) is 48.7 Å². The lowest BCUT2D eigenvalue weighted by molar-refractivity contribution is -0.113. The van der Waals surface area contributed by atoms with Crippen molar-refractivity contribution < 1.29 is 13.2 Å². The minimum Gasteiger partial charge on any atom is -0.324 e. The van der Waals surface area contributed by atoms with Crippen LogP contribution in [0.5, 0.6) is 0 Å². The van der Waals surface area contributed by atoms with E-state index in [1.165, 1.54) is 55.4 Å². The quantitative estimate of drug-likeness (QED) is 0.741. The summed E-state index contributed by atoms with van der Waals surface area (Å²) < 4.78 is 26.1. The van der Waals surface area contributed by atoms with Gasteiger partial charge in [0, 0.05) is 14.1 Å². The number of amides is 1. The second-order valence-electron chi connectivity index (χ2n) is 4.85. The van der Waals surface area contributed by atoms with Crippen LogP contribution in [-0.2, 0) is 14.8 Å². The SMILES string of the molecule is Cc1nnc(SCC(=O)Nc2cc(S(=O)(=O)N(C)C)ccc2Cl)s1. The number of rotatable bonds is 6. The summed E-state index contributed by atoms with van der Waals surface area (Å²) in [6.07, 6.45) is 0. The number of nitrogens with zero attached hydrogens (tertiary/aromatic N) is 3. The van der Waals surface area contributed by atoms with Gasteiger partial charge >= 0.3 is 0 Å². The molecule has 24 heavy (non-hydrogen) atoms. The summed E-state index contributed by atoms with van der Waals surface area (Å²) in [5.74, 6) is -0.190. The van der Waals surface area contributed by atoms with Gasteiger partial charge in [0.2, 0.25) is 15.9 Å². The van der Waals surface area contributed by atoms with Gasteiger partial charge in [-0.3, -0.25) is 4.79 Å². The third-order valence-electron chi connectivity index (χ3n) is 2.82. The Bertz CT molecular complexity index is 852. The fourth-order valence-corrected chi connectivity index (χ4v) is 4.33. The van der Waals surface area contributed by atoms with Crippen LogP contribution in [0.3, 0.4) is 0 Å². The van der Waals surface area contributed by atoms with Gasteiger partial charge < -0.3 is 5.32 Å². The van der Waals surface area contributed by atoms with Crippen LogP contribution in [0.15, 0.2) is 27.4 Å². The van der Waals surface area contributed by atoms with Crippen molar-refractivity contribution in [3.8, 4) is 0 Å². The van der Waals surface area contributed by atoms with E-state index in [2.05, 4.69) is 15.5 Å². The molecular formula is C13H15ClN4O3S3. The van der Waals surface area contributed by atoms with Gasteiger partial charge in [0.15, 0.2) is 4.34 Å². The molecule has 1 heterocycles. The number of nitrogens with one attached hydrogen (secondary N) is 1. The molecule has 130 valence electrons. The highest BCUT2D eigenvalue weighted by atomic mass is 35.5. The molecule has 0 atom stereocenters. The summed E-state index contributed by atoms with van der Waals surface area (Å²) in [6.45, 7) is 1.83. The van der Waals surface area contributed by atoms with E-state index in [1.54, 1.807) is 0 Å². The molecule has 0 radical (unpaired) electrons. The topological polar surface area (TPSA) is 92.3 Å². The zero-order chi connectivity index (χ0) is 17.9. The normalized spacial score (nSPS) is 11.7. The van der Waals surface area contributed by atoms with E-state index in [0.717, 1.165) is 9.31 Å². The van der Waals surface area contributed by atoms with Crippen LogP contribution < -0.4 is 5.32 Å². The first-order chi connectivity index (χ1) is 11.2. The average molecular weight is 407 g/mol. The van der Waals surface area contributed by atoms with Crippen molar-refractivity contribution >= 4 is 56.3 Å². The first kappa shape index (κ1) is 19.1. The van der Waals surface area contributed by atoms with E-state index in [0.29, 0.717) is 4.34 Å². The summed E-state index contributed by atoms with van der Waals surface area (Å²) >= 11 is 8.69. The van der Waals surface area contributed by atoms with Gasteiger partial charge in [-0.05, 0) is 25.1 Å². The molecule has 0 saturated heterocycles. The minimum atomic E-state index is -3.60. The molecule has 7 nitrogen and oxygen atoms in total. The molecule has 1 N–H and O–H groups in total. The second kappa shape index (κ2) is 7.79. The summed E-state index contributed by atoms with van der Waals surface area (Å²) in [5.41, 5.74) is 0.249. The summed E-state index contributed by atoms with van der Waals surface area (Å²) in [6, 6.07) is 4.18. The highest BCUT2D eigenvalue weighted by molar-refractivity contribution is 8.01. The summed E-state index contributed by atoms with van der Waals surface area (Å²) in [5, 5.41) is 11.5. The molecule has 2 rings (SSSR count). The monoisotopic (exact) mass is 406 g/mol. The van der Waals surface area contributed by atoms with E-state index >= 15 is 0 Å². The first-order valence-electron chi connectivity index (χ1n) is 6.65. The highest BCUT2D eigenvalue weighted by Crippen LogP contribution is 2.27. The lowest BCUT2D eigenvalue weighted by atomic mass is 10.3. The van der Waals surface area contributed by atoms with Crippen LogP contribution in [0.2, 0.25) is 5.02 Å². The third-order valence-corrected chi connectivity index (χ3v) is 6.94. The maximum Gasteiger partial charge on any atom is 0.242 e. The van der Waals surface area contributed by atoms with Gasteiger partial charge in [0.1, 0.15) is 5.01 Å². The molecule has 0 saturated carbocycles. The van der Waals surface area contributed by atoms with Crippen molar-refractivity contribution in [2.45, 2.75) is 16.2 Å². The minimum absolute atomic E-state index is 0.0552. The zero-order valence-corrected chi connectivity index (χ0v) is 16.3. The number of sulfonamides is 1. The number of carbonyl (C=O) groups excluding carboxylic acids is 1. The molecule has 1 aromatic carbocycles. The highest BCUT2D eigenvalue weighted by Gasteiger charge is 2.19. The maximum absolute atomic E-state index is 12.1. The lowest BCUT2D eigenvalue weighted by Gasteiger charge is -2.13. The molecule has 0 spiro atoms. The van der Waals surface area contributed by atoms with E-state index < -0.39 is 10.0 Å². The third kappa shape index (κ3) is 4.67. The van der Waals surface area contributed by atoms with Crippen LogP contribution in [0, 0.1) is 6.92 Å². The molecule has 0 aliphatic rings. The zero-order valence-electron chi connectivity index (χ0n) is 13.1. The summed E-state index contributed by atoms with van der Waals surface area (Å²) in [7, 11) is -0.736. The molecule has 0 unspecified atom stereocenters. The molecule has 1 aromatic heterocycles. The Morgan fingerprint density at radius 1 is 1.38 bits per heavy atom. The van der Waals surface area contributed by atoms with Crippen molar-refractivity contribution in [2.75, 3.05) is 25.2 Å². The van der Waals surface area contributed by atoms with Crippen molar-refractivity contribution in [2.24, 2.45) is 0 Å². The van der Waals surface area contributed by atoms with E-state index in [4.69, 9.17) is 11.6 Å². The van der Waals surface area contributed by atoms with Gasteiger partial charge in [-0.15, -0.1) is 10.2 Å². The van der Waals surface area contributed by atoms with Crippen LogP contribution in [0.25, 0.3) is 0 Å². The van der Waals surface area contributed by atoms with Crippen LogP contribution in [0.1, 0.15) is 5.01 Å². The fraction of sp³-hybridized carbons (Fsp3) is 0.308. The van der Waals surface area contributed by atoms with Gasteiger partial charge in [0.25, 0.3) is 0 Å². The van der Waals surface area contributed by atoms with Gasteiger partial charge in [0.05, 0.1) is 21.4 Å². The van der Waals surface area contributed by atoms with Crippen molar-refractivity contribution in [3.05, 3.63) is 28.2 Å². The first-order valence-corrected chi connectivity index (χ1v) is 10.3. The summed E-state index contributed by atoms with van der Waals surface area (Å²) in [4.78, 5) is 12.1. The number of hydrogen-bond donors (Lipinski definition) is 1. The predicted molar refractivity (Wildman–Crippen MR) is 96.3 cm³/mol. The van der Waals surface area contributed by atoms with E-state index in [1.807, 2.05) is 6.92 Å². The van der Waals surface area contributed by atoms with Crippen molar-refractivity contribution in [1.29, 1.82) is 0 Å². The standard InChI is InChI=1S/C13H15ClN4O3S3/c1-8-16-17-13(23-8)22-7-12(19)15-11-6-9(4-5-10(11)14)24(20,21)18(2)3/h4-6H,7H2,1-3H3,(H,15,19). The van der Waals surface area contributed by atoms with Gasteiger partial charge in [-0.25, -0.2) is 12.7 Å². The fourth-order valence-electron chi connectivity index (χ4n) is 1.62. The molecule has 1 amide bonds. The Hall–Kier alpha value is -1.20. The Kier molecular flexibility index (Phi) is 6.21. The Labute approximate surface area is 153 Å². The van der Waals surface area contributed by atoms with E-state index in [9.17, 15) is 13.2 Å². The number of benzene rings is 1. The van der Waals surface area contributed by atoms with Crippen LogP contribution in [0.4, 0.5) is 5.69 Å². The number of halogens is 1. The number of thioether (sulfide) groups is 1. The molecule has 11 heteroatoms. The smallest absolute Gasteiger partial charge is 0.242 e. The number of aromatic nitrogens is 2. The maximum atomic E-state index is 12.1.